The van der Waals surface area contributed by atoms with Gasteiger partial charge in [-0.3, -0.25) is 0 Å². The van der Waals surface area contributed by atoms with Crippen LogP contribution in [0.2, 0.25) is 0 Å². The van der Waals surface area contributed by atoms with Gasteiger partial charge in [-0.15, -0.1) is 0 Å². The normalized spacial score (nSPS) is 10.2. The van der Waals surface area contributed by atoms with Gasteiger partial charge in [0.05, 0.1) is 25.4 Å². The van der Waals surface area contributed by atoms with Gasteiger partial charge in [0.15, 0.2) is 0 Å². The predicted octanol–water partition coefficient (Wildman–Crippen LogP) is -0.00960. The smallest absolute Gasteiger partial charge is 0.0856 e. The van der Waals surface area contributed by atoms with Crippen molar-refractivity contribution >= 4 is 6.08 Å². The summed E-state index contributed by atoms with van der Waals surface area (Å²) in [5, 5.41) is 25.0. The van der Waals surface area contributed by atoms with Gasteiger partial charge in [0.1, 0.15) is 0 Å². The summed E-state index contributed by atoms with van der Waals surface area (Å²) in [5.41, 5.74) is 5.11. The maximum atomic E-state index is 8.34. The number of aliphatic hydroxyl groups excluding tert-OH is 3. The van der Waals surface area contributed by atoms with Gasteiger partial charge in [0, 0.05) is 0 Å². The Morgan fingerprint density at radius 2 is 1.50 bits per heavy atom. The summed E-state index contributed by atoms with van der Waals surface area (Å²) < 4.78 is 0. The summed E-state index contributed by atoms with van der Waals surface area (Å²) in [6.45, 7) is 2.42. The van der Waals surface area contributed by atoms with Crippen LogP contribution in [0.3, 0.4) is 0 Å². The Morgan fingerprint density at radius 1 is 1.06 bits per heavy atom. The topological polar surface area (TPSA) is 86.7 Å². The Labute approximate surface area is 95.7 Å². The van der Waals surface area contributed by atoms with E-state index in [9.17, 15) is 0 Å². The van der Waals surface area contributed by atoms with Crippen LogP contribution in [-0.2, 0) is 0 Å². The molecular formula is C12H19NO3. The third-order valence-corrected chi connectivity index (χ3v) is 1.98. The van der Waals surface area contributed by atoms with Crippen LogP contribution in [0, 0.1) is 0 Å². The van der Waals surface area contributed by atoms with Crippen LogP contribution in [0.4, 0.5) is 0 Å². The molecule has 16 heavy (non-hydrogen) atoms. The van der Waals surface area contributed by atoms with E-state index in [1.807, 2.05) is 36.4 Å². The van der Waals surface area contributed by atoms with Gasteiger partial charge in [0.25, 0.3) is 0 Å². The highest BCUT2D eigenvalue weighted by atomic mass is 16.3. The van der Waals surface area contributed by atoms with Gasteiger partial charge in [-0.05, 0) is 5.56 Å². The van der Waals surface area contributed by atoms with Crippen LogP contribution in [-0.4, -0.2) is 40.7 Å². The van der Waals surface area contributed by atoms with Crippen molar-refractivity contribution in [2.45, 2.75) is 5.54 Å². The van der Waals surface area contributed by atoms with Gasteiger partial charge in [-0.2, -0.15) is 0 Å². The van der Waals surface area contributed by atoms with E-state index in [2.05, 4.69) is 6.58 Å². The number of benzene rings is 1. The Morgan fingerprint density at radius 3 is 1.69 bits per heavy atom. The van der Waals surface area contributed by atoms with Crippen LogP contribution >= 0.6 is 0 Å². The summed E-state index contributed by atoms with van der Waals surface area (Å²) in [4.78, 5) is 0. The zero-order chi connectivity index (χ0) is 12.4. The highest BCUT2D eigenvalue weighted by molar-refractivity contribution is 5.45. The highest BCUT2D eigenvalue weighted by Crippen LogP contribution is 1.97. The van der Waals surface area contributed by atoms with E-state index >= 15 is 0 Å². The molecule has 0 radical (unpaired) electrons. The molecule has 4 nitrogen and oxygen atoms in total. The Hall–Kier alpha value is -1.20. The summed E-state index contributed by atoms with van der Waals surface area (Å²) in [7, 11) is 0. The fraction of sp³-hybridized carbons (Fsp3) is 0.333. The third kappa shape index (κ3) is 5.63. The molecule has 1 aromatic rings. The van der Waals surface area contributed by atoms with Crippen molar-refractivity contribution in [2.24, 2.45) is 5.73 Å². The SMILES string of the molecule is C=Cc1ccccc1.NC(CO)(CO)CO. The number of hydrogen-bond acceptors (Lipinski definition) is 4. The van der Waals surface area contributed by atoms with Crippen LogP contribution < -0.4 is 5.73 Å². The fourth-order valence-corrected chi connectivity index (χ4v) is 0.739. The molecule has 0 saturated heterocycles. The molecule has 0 aliphatic carbocycles. The molecule has 0 unspecified atom stereocenters. The predicted molar refractivity (Wildman–Crippen MR) is 64.7 cm³/mol. The molecule has 0 heterocycles. The standard InChI is InChI=1S/C8H8.C4H11NO3/c1-2-8-6-4-3-5-7-8;5-4(1-6,2-7)3-8/h2-7H,1H2;6-8H,1-3,5H2. The van der Waals surface area contributed by atoms with E-state index < -0.39 is 25.4 Å². The van der Waals surface area contributed by atoms with E-state index in [-0.39, 0.29) is 0 Å². The number of nitrogens with two attached hydrogens (primary N) is 1. The molecule has 0 amide bonds. The first-order valence-electron chi connectivity index (χ1n) is 4.91. The largest absolute Gasteiger partial charge is 0.394 e. The molecule has 0 bridgehead atoms. The summed E-state index contributed by atoms with van der Waals surface area (Å²) in [5.74, 6) is 0. The minimum atomic E-state index is -1.21. The molecular weight excluding hydrogens is 206 g/mol. The lowest BCUT2D eigenvalue weighted by Crippen LogP contribution is -2.50. The number of aliphatic hydroxyl groups is 3. The molecule has 0 aliphatic rings. The lowest BCUT2D eigenvalue weighted by atomic mass is 10.1. The molecule has 5 N–H and O–H groups in total. The molecule has 1 rings (SSSR count). The van der Waals surface area contributed by atoms with Crippen molar-refractivity contribution in [3.63, 3.8) is 0 Å². The van der Waals surface area contributed by atoms with Crippen molar-refractivity contribution in [1.82, 2.24) is 0 Å². The zero-order valence-corrected chi connectivity index (χ0v) is 9.21. The van der Waals surface area contributed by atoms with E-state index in [1.54, 1.807) is 0 Å². The first-order valence-corrected chi connectivity index (χ1v) is 4.91. The van der Waals surface area contributed by atoms with Crippen LogP contribution in [0.1, 0.15) is 5.56 Å². The second kappa shape index (κ2) is 8.01. The quantitative estimate of drug-likeness (QED) is 0.580. The number of rotatable bonds is 4. The second-order valence-corrected chi connectivity index (χ2v) is 3.45. The van der Waals surface area contributed by atoms with Crippen LogP contribution in [0.5, 0.6) is 0 Å². The Bertz CT molecular complexity index is 275. The second-order valence-electron chi connectivity index (χ2n) is 3.45. The van der Waals surface area contributed by atoms with Crippen molar-refractivity contribution in [3.8, 4) is 0 Å². The van der Waals surface area contributed by atoms with Crippen molar-refractivity contribution < 1.29 is 15.3 Å². The van der Waals surface area contributed by atoms with Crippen molar-refractivity contribution in [3.05, 3.63) is 42.5 Å². The molecule has 0 atom stereocenters. The van der Waals surface area contributed by atoms with Gasteiger partial charge in [-0.25, -0.2) is 0 Å². The first-order chi connectivity index (χ1) is 7.61. The van der Waals surface area contributed by atoms with Crippen LogP contribution in [0.25, 0.3) is 6.08 Å². The molecule has 90 valence electrons. The summed E-state index contributed by atoms with van der Waals surface area (Å²) >= 11 is 0. The molecule has 0 aromatic heterocycles. The molecule has 4 heteroatoms. The van der Waals surface area contributed by atoms with Gasteiger partial charge < -0.3 is 21.1 Å². The lowest BCUT2D eigenvalue weighted by molar-refractivity contribution is 0.0698. The average Bonchev–Trinajstić information content (AvgIpc) is 2.39. The third-order valence-electron chi connectivity index (χ3n) is 1.98. The van der Waals surface area contributed by atoms with E-state index in [0.29, 0.717) is 0 Å². The Kier molecular flexibility index (Phi) is 7.41. The molecule has 1 aromatic carbocycles. The van der Waals surface area contributed by atoms with Crippen molar-refractivity contribution in [2.75, 3.05) is 19.8 Å². The zero-order valence-electron chi connectivity index (χ0n) is 9.21. The van der Waals surface area contributed by atoms with Gasteiger partial charge >= 0.3 is 0 Å². The summed E-state index contributed by atoms with van der Waals surface area (Å²) in [6.07, 6.45) is 1.83. The van der Waals surface area contributed by atoms with Crippen LogP contribution in [0.15, 0.2) is 36.9 Å². The molecule has 0 spiro atoms. The lowest BCUT2D eigenvalue weighted by Gasteiger charge is -2.20. The molecule has 0 fully saturated rings. The molecule has 0 saturated carbocycles. The van der Waals surface area contributed by atoms with Gasteiger partial charge in [0.2, 0.25) is 0 Å². The van der Waals surface area contributed by atoms with E-state index in [0.717, 1.165) is 0 Å². The average molecular weight is 225 g/mol. The fourth-order valence-electron chi connectivity index (χ4n) is 0.739. The maximum absolute atomic E-state index is 8.34. The Balaban J connectivity index is 0.000000281. The minimum absolute atomic E-state index is 0.403. The van der Waals surface area contributed by atoms with Gasteiger partial charge in [-0.1, -0.05) is 43.0 Å². The summed E-state index contributed by atoms with van der Waals surface area (Å²) in [6, 6.07) is 10.0. The number of hydrogen-bond donors (Lipinski definition) is 4. The maximum Gasteiger partial charge on any atom is 0.0856 e. The first kappa shape index (κ1) is 14.8. The van der Waals surface area contributed by atoms with E-state index in [4.69, 9.17) is 21.1 Å². The monoisotopic (exact) mass is 225 g/mol. The highest BCUT2D eigenvalue weighted by Gasteiger charge is 2.20. The molecule has 0 aliphatic heterocycles. The minimum Gasteiger partial charge on any atom is -0.394 e. The van der Waals surface area contributed by atoms with E-state index in [1.165, 1.54) is 5.56 Å². The van der Waals surface area contributed by atoms with Crippen molar-refractivity contribution in [1.29, 1.82) is 0 Å².